The molecule has 0 saturated heterocycles. The van der Waals surface area contributed by atoms with Gasteiger partial charge in [-0.05, 0) is 46.3 Å². The fourth-order valence-electron chi connectivity index (χ4n) is 1.19. The zero-order chi connectivity index (χ0) is 13.0. The number of nitrogens with one attached hydrogen (secondary N) is 1. The lowest BCUT2D eigenvalue weighted by molar-refractivity contribution is -0.111. The lowest BCUT2D eigenvalue weighted by Gasteiger charge is -1.99. The van der Waals surface area contributed by atoms with Crippen LogP contribution in [0.25, 0.3) is 6.08 Å². The quantitative estimate of drug-likeness (QED) is 0.848. The van der Waals surface area contributed by atoms with E-state index in [4.69, 9.17) is 11.6 Å². The predicted molar refractivity (Wildman–Crippen MR) is 78.9 cm³/mol. The second-order valence-electron chi connectivity index (χ2n) is 3.33. The molecule has 2 aromatic rings. The number of carbonyl (C=O) groups excluding carboxylic acids is 1. The first-order valence-corrected chi connectivity index (χ1v) is 6.98. The first kappa shape index (κ1) is 13.3. The molecule has 0 fully saturated rings. The highest BCUT2D eigenvalue weighted by Gasteiger charge is 1.99. The van der Waals surface area contributed by atoms with Crippen molar-refractivity contribution in [3.63, 3.8) is 0 Å². The van der Waals surface area contributed by atoms with Gasteiger partial charge in [-0.1, -0.05) is 11.6 Å². The molecular formula is C12H8BrClN2OS. The molecule has 0 aliphatic rings. The molecule has 2 heterocycles. The van der Waals surface area contributed by atoms with Gasteiger partial charge in [-0.2, -0.15) is 0 Å². The van der Waals surface area contributed by atoms with Gasteiger partial charge in [0.2, 0.25) is 5.91 Å². The van der Waals surface area contributed by atoms with Crippen LogP contribution in [0.15, 0.2) is 40.3 Å². The van der Waals surface area contributed by atoms with Crippen molar-refractivity contribution in [2.45, 2.75) is 0 Å². The van der Waals surface area contributed by atoms with Gasteiger partial charge in [0.1, 0.15) is 5.82 Å². The van der Waals surface area contributed by atoms with E-state index in [1.54, 1.807) is 29.5 Å². The molecule has 2 aromatic heterocycles. The molecule has 0 radical (unpaired) electrons. The number of nitrogens with zero attached hydrogens (tertiary/aromatic N) is 1. The van der Waals surface area contributed by atoms with Crippen molar-refractivity contribution in [2.75, 3.05) is 5.32 Å². The minimum atomic E-state index is -0.227. The molecule has 0 spiro atoms. The lowest BCUT2D eigenvalue weighted by Crippen LogP contribution is -2.08. The van der Waals surface area contributed by atoms with Crippen LogP contribution in [-0.2, 0) is 4.79 Å². The Kier molecular flexibility index (Phi) is 4.52. The topological polar surface area (TPSA) is 42.0 Å². The monoisotopic (exact) mass is 342 g/mol. The summed E-state index contributed by atoms with van der Waals surface area (Å²) in [6, 6.07) is 7.18. The summed E-state index contributed by atoms with van der Waals surface area (Å²) in [7, 11) is 0. The Morgan fingerprint density at radius 2 is 2.22 bits per heavy atom. The van der Waals surface area contributed by atoms with Crippen molar-refractivity contribution in [1.29, 1.82) is 0 Å². The summed E-state index contributed by atoms with van der Waals surface area (Å²) in [5.74, 6) is 0.246. The molecule has 0 aliphatic heterocycles. The van der Waals surface area contributed by atoms with Gasteiger partial charge in [-0.15, -0.1) is 11.3 Å². The van der Waals surface area contributed by atoms with E-state index < -0.39 is 0 Å². The molecule has 3 nitrogen and oxygen atoms in total. The van der Waals surface area contributed by atoms with Crippen molar-refractivity contribution < 1.29 is 4.79 Å². The third-order valence-corrected chi connectivity index (χ3v) is 3.78. The molecule has 0 unspecified atom stereocenters. The average molecular weight is 344 g/mol. The second kappa shape index (κ2) is 6.13. The van der Waals surface area contributed by atoms with Crippen molar-refractivity contribution in [1.82, 2.24) is 4.98 Å². The van der Waals surface area contributed by atoms with E-state index >= 15 is 0 Å². The van der Waals surface area contributed by atoms with Gasteiger partial charge in [-0.25, -0.2) is 4.98 Å². The van der Waals surface area contributed by atoms with Crippen molar-refractivity contribution >= 4 is 56.7 Å². The van der Waals surface area contributed by atoms with E-state index in [9.17, 15) is 4.79 Å². The summed E-state index contributed by atoms with van der Waals surface area (Å²) in [6.07, 6.45) is 4.70. The molecule has 6 heteroatoms. The normalized spacial score (nSPS) is 10.8. The molecule has 0 aliphatic carbocycles. The van der Waals surface area contributed by atoms with Crippen LogP contribution in [0.3, 0.4) is 0 Å². The Bertz CT molecular complexity index is 580. The summed E-state index contributed by atoms with van der Waals surface area (Å²) in [6.45, 7) is 0. The Balaban J connectivity index is 1.96. The van der Waals surface area contributed by atoms with Gasteiger partial charge in [0.15, 0.2) is 0 Å². The highest BCUT2D eigenvalue weighted by molar-refractivity contribution is 9.11. The Morgan fingerprint density at radius 3 is 2.83 bits per heavy atom. The number of pyridine rings is 1. The molecule has 0 bridgehead atoms. The Labute approximate surface area is 122 Å². The lowest BCUT2D eigenvalue weighted by atomic mass is 10.4. The van der Waals surface area contributed by atoms with Crippen LogP contribution in [0, 0.1) is 0 Å². The molecule has 0 aromatic carbocycles. The molecule has 18 heavy (non-hydrogen) atoms. The number of hydrogen-bond donors (Lipinski definition) is 1. The zero-order valence-electron chi connectivity index (χ0n) is 9.06. The van der Waals surface area contributed by atoms with Crippen molar-refractivity contribution in [3.8, 4) is 0 Å². The number of aromatic nitrogens is 1. The van der Waals surface area contributed by atoms with Gasteiger partial charge < -0.3 is 5.32 Å². The van der Waals surface area contributed by atoms with Crippen molar-refractivity contribution in [3.05, 3.63) is 50.2 Å². The maximum Gasteiger partial charge on any atom is 0.249 e. The van der Waals surface area contributed by atoms with Crippen LogP contribution >= 0.6 is 38.9 Å². The van der Waals surface area contributed by atoms with E-state index in [-0.39, 0.29) is 5.91 Å². The van der Waals surface area contributed by atoms with E-state index in [2.05, 4.69) is 26.2 Å². The molecule has 2 rings (SSSR count). The molecule has 1 N–H and O–H groups in total. The highest BCUT2D eigenvalue weighted by Crippen LogP contribution is 2.22. The van der Waals surface area contributed by atoms with Gasteiger partial charge in [0, 0.05) is 17.2 Å². The average Bonchev–Trinajstić information content (AvgIpc) is 2.76. The van der Waals surface area contributed by atoms with E-state index in [1.807, 2.05) is 12.1 Å². The molecule has 1 amide bonds. The molecule has 0 saturated carbocycles. The summed E-state index contributed by atoms with van der Waals surface area (Å²) < 4.78 is 1.03. The SMILES string of the molecule is O=C(/C=C/c1ccc(Br)s1)Nc1ccc(Cl)cn1. The molecular weight excluding hydrogens is 336 g/mol. The standard InChI is InChI=1S/C12H8BrClN2OS/c13-10-4-2-9(18-10)3-6-12(17)16-11-5-1-8(14)7-15-11/h1-7H,(H,15,16,17)/b6-3+. The number of amides is 1. The zero-order valence-corrected chi connectivity index (χ0v) is 12.2. The highest BCUT2D eigenvalue weighted by atomic mass is 79.9. The van der Waals surface area contributed by atoms with Gasteiger partial charge in [0.25, 0.3) is 0 Å². The Hall–Kier alpha value is -1.17. The maximum absolute atomic E-state index is 11.6. The number of thiophene rings is 1. The van der Waals surface area contributed by atoms with E-state index in [1.165, 1.54) is 12.3 Å². The first-order chi connectivity index (χ1) is 8.63. The van der Waals surface area contributed by atoms with Gasteiger partial charge >= 0.3 is 0 Å². The maximum atomic E-state index is 11.6. The first-order valence-electron chi connectivity index (χ1n) is 4.99. The smallest absolute Gasteiger partial charge is 0.249 e. The fraction of sp³-hybridized carbons (Fsp3) is 0. The van der Waals surface area contributed by atoms with Crippen LogP contribution < -0.4 is 5.32 Å². The number of halogens is 2. The predicted octanol–water partition coefficient (Wildman–Crippen LogP) is 4.21. The summed E-state index contributed by atoms with van der Waals surface area (Å²) in [5, 5.41) is 3.18. The van der Waals surface area contributed by atoms with Crippen LogP contribution in [0.4, 0.5) is 5.82 Å². The Morgan fingerprint density at radius 1 is 1.39 bits per heavy atom. The van der Waals surface area contributed by atoms with E-state index in [0.717, 1.165) is 8.66 Å². The number of hydrogen-bond acceptors (Lipinski definition) is 3. The van der Waals surface area contributed by atoms with Gasteiger partial charge in [-0.3, -0.25) is 4.79 Å². The number of anilines is 1. The third-order valence-electron chi connectivity index (χ3n) is 1.97. The van der Waals surface area contributed by atoms with Crippen LogP contribution in [0.1, 0.15) is 4.88 Å². The minimum absolute atomic E-state index is 0.227. The summed E-state index contributed by atoms with van der Waals surface area (Å²) >= 11 is 10.6. The summed E-state index contributed by atoms with van der Waals surface area (Å²) in [4.78, 5) is 16.6. The van der Waals surface area contributed by atoms with Crippen molar-refractivity contribution in [2.24, 2.45) is 0 Å². The van der Waals surface area contributed by atoms with E-state index in [0.29, 0.717) is 10.8 Å². The van der Waals surface area contributed by atoms with Gasteiger partial charge in [0.05, 0.1) is 8.81 Å². The number of carbonyl (C=O) groups is 1. The molecule has 92 valence electrons. The minimum Gasteiger partial charge on any atom is -0.307 e. The third kappa shape index (κ3) is 3.94. The largest absolute Gasteiger partial charge is 0.307 e. The van der Waals surface area contributed by atoms with Crippen LogP contribution in [-0.4, -0.2) is 10.9 Å². The van der Waals surface area contributed by atoms with Crippen LogP contribution in [0.2, 0.25) is 5.02 Å². The second-order valence-corrected chi connectivity index (χ2v) is 6.26. The van der Waals surface area contributed by atoms with Crippen LogP contribution in [0.5, 0.6) is 0 Å². The fourth-order valence-corrected chi connectivity index (χ4v) is 2.63. The summed E-state index contributed by atoms with van der Waals surface area (Å²) in [5.41, 5.74) is 0. The number of rotatable bonds is 3. The molecule has 0 atom stereocenters.